The lowest BCUT2D eigenvalue weighted by Crippen LogP contribution is -1.90. The van der Waals surface area contributed by atoms with E-state index >= 15 is 0 Å². The van der Waals surface area contributed by atoms with Crippen molar-refractivity contribution >= 4 is 23.6 Å². The highest BCUT2D eigenvalue weighted by atomic mass is 35.5. The van der Waals surface area contributed by atoms with E-state index in [4.69, 9.17) is 21.4 Å². The predicted molar refractivity (Wildman–Crippen MR) is 79.4 cm³/mol. The highest BCUT2D eigenvalue weighted by Gasteiger charge is 2.06. The molecule has 102 valence electrons. The number of hydrogen-bond acceptors (Lipinski definition) is 2. The number of halogens is 1. The minimum absolute atomic E-state index is 0.516. The highest BCUT2D eigenvalue weighted by molar-refractivity contribution is 6.32. The summed E-state index contributed by atoms with van der Waals surface area (Å²) in [6, 6.07) is 12.7. The maximum Gasteiger partial charge on any atom is 0.328 e. The van der Waals surface area contributed by atoms with Crippen LogP contribution in [0.1, 0.15) is 11.1 Å². The lowest BCUT2D eigenvalue weighted by Gasteiger charge is -2.10. The van der Waals surface area contributed by atoms with Crippen LogP contribution in [0.15, 0.2) is 48.5 Å². The molecule has 0 aliphatic heterocycles. The van der Waals surface area contributed by atoms with Gasteiger partial charge in [0.15, 0.2) is 0 Å². The summed E-state index contributed by atoms with van der Waals surface area (Å²) in [6.45, 7) is 1.94. The van der Waals surface area contributed by atoms with Crippen LogP contribution in [-0.4, -0.2) is 11.1 Å². The Kier molecular flexibility index (Phi) is 4.43. The van der Waals surface area contributed by atoms with Gasteiger partial charge in [-0.1, -0.05) is 35.9 Å². The van der Waals surface area contributed by atoms with Crippen LogP contribution in [0.2, 0.25) is 5.02 Å². The Morgan fingerprint density at radius 2 is 1.95 bits per heavy atom. The van der Waals surface area contributed by atoms with Crippen LogP contribution < -0.4 is 4.74 Å². The van der Waals surface area contributed by atoms with Crippen molar-refractivity contribution in [1.82, 2.24) is 0 Å². The van der Waals surface area contributed by atoms with Crippen LogP contribution in [0.5, 0.6) is 11.5 Å². The molecule has 2 aromatic rings. The smallest absolute Gasteiger partial charge is 0.328 e. The topological polar surface area (TPSA) is 46.5 Å². The number of para-hydroxylation sites is 1. The van der Waals surface area contributed by atoms with Gasteiger partial charge in [0.05, 0.1) is 5.02 Å². The zero-order valence-corrected chi connectivity index (χ0v) is 11.6. The van der Waals surface area contributed by atoms with Crippen LogP contribution in [0.4, 0.5) is 0 Å². The number of hydrogen-bond donors (Lipinski definition) is 1. The first-order valence-corrected chi connectivity index (χ1v) is 6.38. The molecule has 0 heterocycles. The van der Waals surface area contributed by atoms with Crippen LogP contribution in [0, 0.1) is 6.92 Å². The Morgan fingerprint density at radius 3 is 2.65 bits per heavy atom. The number of ether oxygens (including phenoxy) is 1. The molecule has 2 aromatic carbocycles. The van der Waals surface area contributed by atoms with Gasteiger partial charge < -0.3 is 9.84 Å². The van der Waals surface area contributed by atoms with Gasteiger partial charge in [-0.2, -0.15) is 0 Å². The van der Waals surface area contributed by atoms with E-state index in [-0.39, 0.29) is 0 Å². The summed E-state index contributed by atoms with van der Waals surface area (Å²) >= 11 is 6.12. The van der Waals surface area contributed by atoms with Gasteiger partial charge in [-0.15, -0.1) is 0 Å². The Labute approximate surface area is 122 Å². The normalized spacial score (nSPS) is 10.7. The third-order valence-corrected chi connectivity index (χ3v) is 2.93. The van der Waals surface area contributed by atoms with Gasteiger partial charge in [0.2, 0.25) is 0 Å². The second-order valence-corrected chi connectivity index (χ2v) is 4.65. The fourth-order valence-electron chi connectivity index (χ4n) is 1.68. The van der Waals surface area contributed by atoms with E-state index < -0.39 is 5.97 Å². The Morgan fingerprint density at radius 1 is 1.20 bits per heavy atom. The molecule has 0 unspecified atom stereocenters. The van der Waals surface area contributed by atoms with E-state index in [0.29, 0.717) is 22.1 Å². The average Bonchev–Trinajstić information content (AvgIpc) is 2.41. The summed E-state index contributed by atoms with van der Waals surface area (Å²) in [5, 5.41) is 9.20. The molecule has 0 bridgehead atoms. The largest absolute Gasteiger partial charge is 0.478 e. The molecule has 0 aliphatic rings. The SMILES string of the molecule is Cc1ccc(Oc2ccccc2C=CC(=O)O)c(Cl)c1. The molecular formula is C16H13ClO3. The van der Waals surface area contributed by atoms with Crippen molar-refractivity contribution in [3.63, 3.8) is 0 Å². The molecule has 4 heteroatoms. The van der Waals surface area contributed by atoms with E-state index in [1.807, 2.05) is 31.2 Å². The number of aryl methyl sites for hydroxylation is 1. The molecule has 0 radical (unpaired) electrons. The Balaban J connectivity index is 2.31. The summed E-state index contributed by atoms with van der Waals surface area (Å²) in [6.07, 6.45) is 2.55. The van der Waals surface area contributed by atoms with E-state index in [1.165, 1.54) is 6.08 Å². The molecule has 0 amide bonds. The maximum atomic E-state index is 10.6. The molecule has 0 atom stereocenters. The van der Waals surface area contributed by atoms with Crippen LogP contribution in [0.3, 0.4) is 0 Å². The number of carboxylic acid groups (broad SMARTS) is 1. The van der Waals surface area contributed by atoms with Gasteiger partial charge in [-0.3, -0.25) is 0 Å². The molecule has 0 fully saturated rings. The van der Waals surface area contributed by atoms with Crippen molar-refractivity contribution in [1.29, 1.82) is 0 Å². The second-order valence-electron chi connectivity index (χ2n) is 4.25. The van der Waals surface area contributed by atoms with Crippen molar-refractivity contribution < 1.29 is 14.6 Å². The first-order chi connectivity index (χ1) is 9.56. The minimum atomic E-state index is -1.01. The first-order valence-electron chi connectivity index (χ1n) is 6.00. The molecule has 0 aliphatic carbocycles. The van der Waals surface area contributed by atoms with Crippen molar-refractivity contribution in [3.05, 3.63) is 64.7 Å². The molecule has 2 rings (SSSR count). The average molecular weight is 289 g/mol. The Bertz CT molecular complexity index is 663. The summed E-state index contributed by atoms with van der Waals surface area (Å²) in [5.74, 6) is 0.0809. The number of carboxylic acids is 1. The quantitative estimate of drug-likeness (QED) is 0.840. The summed E-state index contributed by atoms with van der Waals surface area (Å²) in [7, 11) is 0. The van der Waals surface area contributed by atoms with Crippen LogP contribution in [-0.2, 0) is 4.79 Å². The van der Waals surface area contributed by atoms with E-state index in [9.17, 15) is 4.79 Å². The minimum Gasteiger partial charge on any atom is -0.478 e. The lowest BCUT2D eigenvalue weighted by atomic mass is 10.2. The van der Waals surface area contributed by atoms with Crippen molar-refractivity contribution in [2.45, 2.75) is 6.92 Å². The Hall–Kier alpha value is -2.26. The molecule has 20 heavy (non-hydrogen) atoms. The van der Waals surface area contributed by atoms with Gasteiger partial charge in [-0.05, 0) is 36.8 Å². The predicted octanol–water partition coefficient (Wildman–Crippen LogP) is 4.54. The second kappa shape index (κ2) is 6.26. The molecule has 0 aromatic heterocycles. The molecule has 3 nitrogen and oxygen atoms in total. The number of carbonyl (C=O) groups is 1. The third kappa shape index (κ3) is 3.62. The zero-order valence-electron chi connectivity index (χ0n) is 10.8. The molecule has 1 N–H and O–H groups in total. The highest BCUT2D eigenvalue weighted by Crippen LogP contribution is 2.32. The maximum absolute atomic E-state index is 10.6. The van der Waals surface area contributed by atoms with Crippen LogP contribution in [0.25, 0.3) is 6.08 Å². The van der Waals surface area contributed by atoms with Crippen molar-refractivity contribution in [2.75, 3.05) is 0 Å². The van der Waals surface area contributed by atoms with Gasteiger partial charge in [0.25, 0.3) is 0 Å². The standard InChI is InChI=1S/C16H13ClO3/c1-11-6-8-15(13(17)10-11)20-14-5-3-2-4-12(14)7-9-16(18)19/h2-10H,1H3,(H,18,19). The third-order valence-electron chi connectivity index (χ3n) is 2.63. The molecular weight excluding hydrogens is 276 g/mol. The molecule has 0 spiro atoms. The first kappa shape index (κ1) is 14.2. The van der Waals surface area contributed by atoms with Gasteiger partial charge in [0.1, 0.15) is 11.5 Å². The van der Waals surface area contributed by atoms with Gasteiger partial charge in [-0.25, -0.2) is 4.79 Å². The fraction of sp³-hybridized carbons (Fsp3) is 0.0625. The van der Waals surface area contributed by atoms with Gasteiger partial charge >= 0.3 is 5.97 Å². The van der Waals surface area contributed by atoms with Crippen LogP contribution >= 0.6 is 11.6 Å². The van der Waals surface area contributed by atoms with E-state index in [0.717, 1.165) is 11.6 Å². The van der Waals surface area contributed by atoms with E-state index in [1.54, 1.807) is 18.2 Å². The van der Waals surface area contributed by atoms with Crippen molar-refractivity contribution in [3.8, 4) is 11.5 Å². The summed E-state index contributed by atoms with van der Waals surface area (Å²) < 4.78 is 5.75. The number of benzene rings is 2. The lowest BCUT2D eigenvalue weighted by molar-refractivity contribution is -0.131. The number of aliphatic carboxylic acids is 1. The zero-order chi connectivity index (χ0) is 14.5. The summed E-state index contributed by atoms with van der Waals surface area (Å²) in [5.41, 5.74) is 1.72. The molecule has 0 saturated heterocycles. The summed E-state index contributed by atoms with van der Waals surface area (Å²) in [4.78, 5) is 10.6. The van der Waals surface area contributed by atoms with E-state index in [2.05, 4.69) is 0 Å². The molecule has 0 saturated carbocycles. The van der Waals surface area contributed by atoms with Gasteiger partial charge in [0, 0.05) is 11.6 Å². The fourth-order valence-corrected chi connectivity index (χ4v) is 1.95. The monoisotopic (exact) mass is 288 g/mol. The van der Waals surface area contributed by atoms with Crippen molar-refractivity contribution in [2.24, 2.45) is 0 Å². The number of rotatable bonds is 4.